The summed E-state index contributed by atoms with van der Waals surface area (Å²) in [5.41, 5.74) is 2.76. The van der Waals surface area contributed by atoms with E-state index >= 15 is 0 Å². The summed E-state index contributed by atoms with van der Waals surface area (Å²) in [6, 6.07) is 16.1. The van der Waals surface area contributed by atoms with Crippen LogP contribution in [-0.2, 0) is 0 Å². The molecule has 3 aromatic rings. The maximum atomic E-state index is 11.0. The van der Waals surface area contributed by atoms with Gasteiger partial charge >= 0.3 is 5.97 Å². The number of benzene rings is 2. The number of aromatic nitrogens is 2. The number of hydrogen-bond donors (Lipinski definition) is 2. The molecule has 108 valence electrons. The normalized spacial score (nSPS) is 10.2. The second-order valence-corrected chi connectivity index (χ2v) is 4.66. The standard InChI is InChI=1S/C17H13N3O2/c21-17(22)13-3-1-4-15(11-13)20-14-7-5-12(6-8-14)16-18-9-2-10-19-16/h1-11,20H,(H,21,22). The van der Waals surface area contributed by atoms with Gasteiger partial charge in [-0.2, -0.15) is 0 Å². The van der Waals surface area contributed by atoms with Crippen molar-refractivity contribution in [1.29, 1.82) is 0 Å². The summed E-state index contributed by atoms with van der Waals surface area (Å²) in [6.07, 6.45) is 3.40. The van der Waals surface area contributed by atoms with E-state index in [1.165, 1.54) is 0 Å². The molecule has 0 amide bonds. The van der Waals surface area contributed by atoms with Gasteiger partial charge in [0, 0.05) is 29.3 Å². The Labute approximate surface area is 127 Å². The van der Waals surface area contributed by atoms with Gasteiger partial charge in [-0.25, -0.2) is 14.8 Å². The molecule has 0 aliphatic rings. The summed E-state index contributed by atoms with van der Waals surface area (Å²) in [5, 5.41) is 12.2. The summed E-state index contributed by atoms with van der Waals surface area (Å²) < 4.78 is 0. The lowest BCUT2D eigenvalue weighted by molar-refractivity contribution is 0.0697. The summed E-state index contributed by atoms with van der Waals surface area (Å²) in [6.45, 7) is 0. The Bertz CT molecular complexity index is 787. The van der Waals surface area contributed by atoms with E-state index in [-0.39, 0.29) is 5.56 Å². The number of nitrogens with zero attached hydrogens (tertiary/aromatic N) is 2. The van der Waals surface area contributed by atoms with Crippen molar-refractivity contribution in [1.82, 2.24) is 9.97 Å². The fourth-order valence-corrected chi connectivity index (χ4v) is 2.05. The quantitative estimate of drug-likeness (QED) is 0.768. The third kappa shape index (κ3) is 3.09. The second-order valence-electron chi connectivity index (χ2n) is 4.66. The highest BCUT2D eigenvalue weighted by Gasteiger charge is 2.04. The highest BCUT2D eigenvalue weighted by molar-refractivity contribution is 5.89. The van der Waals surface area contributed by atoms with Crippen LogP contribution in [0.4, 0.5) is 11.4 Å². The van der Waals surface area contributed by atoms with Crippen molar-refractivity contribution in [3.8, 4) is 11.4 Å². The van der Waals surface area contributed by atoms with Crippen LogP contribution in [-0.4, -0.2) is 21.0 Å². The summed E-state index contributed by atoms with van der Waals surface area (Å²) >= 11 is 0. The average Bonchev–Trinajstić information content (AvgIpc) is 2.56. The Balaban J connectivity index is 1.79. The van der Waals surface area contributed by atoms with E-state index in [2.05, 4.69) is 15.3 Å². The molecule has 0 spiro atoms. The van der Waals surface area contributed by atoms with Crippen LogP contribution in [0.15, 0.2) is 67.0 Å². The maximum Gasteiger partial charge on any atom is 0.335 e. The second kappa shape index (κ2) is 6.05. The number of aromatic carboxylic acids is 1. The van der Waals surface area contributed by atoms with E-state index in [1.807, 2.05) is 30.3 Å². The molecular weight excluding hydrogens is 278 g/mol. The van der Waals surface area contributed by atoms with Crippen molar-refractivity contribution >= 4 is 17.3 Å². The van der Waals surface area contributed by atoms with Gasteiger partial charge in [0.25, 0.3) is 0 Å². The molecule has 0 bridgehead atoms. The fourth-order valence-electron chi connectivity index (χ4n) is 2.05. The zero-order chi connectivity index (χ0) is 15.4. The lowest BCUT2D eigenvalue weighted by Gasteiger charge is -2.08. The number of hydrogen-bond acceptors (Lipinski definition) is 4. The first-order chi connectivity index (χ1) is 10.7. The molecule has 0 atom stereocenters. The molecule has 0 saturated heterocycles. The van der Waals surface area contributed by atoms with Gasteiger partial charge in [0.1, 0.15) is 0 Å². The molecule has 3 rings (SSSR count). The summed E-state index contributed by atoms with van der Waals surface area (Å²) in [5.74, 6) is -0.276. The molecule has 0 aliphatic heterocycles. The van der Waals surface area contributed by atoms with Gasteiger partial charge in [-0.15, -0.1) is 0 Å². The number of nitrogens with one attached hydrogen (secondary N) is 1. The molecule has 0 unspecified atom stereocenters. The predicted molar refractivity (Wildman–Crippen MR) is 84.2 cm³/mol. The summed E-state index contributed by atoms with van der Waals surface area (Å²) in [4.78, 5) is 19.4. The first kappa shape index (κ1) is 13.8. The van der Waals surface area contributed by atoms with Gasteiger partial charge in [-0.3, -0.25) is 0 Å². The number of carboxylic acid groups (broad SMARTS) is 1. The van der Waals surface area contributed by atoms with Crippen LogP contribution in [0, 0.1) is 0 Å². The van der Waals surface area contributed by atoms with E-state index in [4.69, 9.17) is 5.11 Å². The Hall–Kier alpha value is -3.21. The van der Waals surface area contributed by atoms with Crippen LogP contribution >= 0.6 is 0 Å². The van der Waals surface area contributed by atoms with Crippen molar-refractivity contribution in [2.24, 2.45) is 0 Å². The maximum absolute atomic E-state index is 11.0. The minimum absolute atomic E-state index is 0.249. The van der Waals surface area contributed by atoms with Gasteiger partial charge in [0.15, 0.2) is 5.82 Å². The Morgan fingerprint density at radius 1 is 0.909 bits per heavy atom. The molecule has 0 aliphatic carbocycles. The molecule has 5 heteroatoms. The van der Waals surface area contributed by atoms with Crippen molar-refractivity contribution in [3.05, 3.63) is 72.6 Å². The van der Waals surface area contributed by atoms with Gasteiger partial charge in [-0.05, 0) is 48.5 Å². The molecule has 1 heterocycles. The lowest BCUT2D eigenvalue weighted by atomic mass is 10.1. The topological polar surface area (TPSA) is 75.1 Å². The molecule has 22 heavy (non-hydrogen) atoms. The molecular formula is C17H13N3O2. The molecule has 0 fully saturated rings. The molecule has 5 nitrogen and oxygen atoms in total. The van der Waals surface area contributed by atoms with E-state index in [0.29, 0.717) is 5.82 Å². The van der Waals surface area contributed by atoms with E-state index in [0.717, 1.165) is 16.9 Å². The number of anilines is 2. The minimum atomic E-state index is -0.944. The Morgan fingerprint density at radius 2 is 1.64 bits per heavy atom. The van der Waals surface area contributed by atoms with Crippen LogP contribution in [0.25, 0.3) is 11.4 Å². The van der Waals surface area contributed by atoms with E-state index < -0.39 is 5.97 Å². The third-order valence-corrected chi connectivity index (χ3v) is 3.11. The fraction of sp³-hybridized carbons (Fsp3) is 0. The number of carbonyl (C=O) groups is 1. The molecule has 1 aromatic heterocycles. The van der Waals surface area contributed by atoms with Crippen molar-refractivity contribution < 1.29 is 9.90 Å². The van der Waals surface area contributed by atoms with Crippen LogP contribution < -0.4 is 5.32 Å². The van der Waals surface area contributed by atoms with Crippen LogP contribution in [0.1, 0.15) is 10.4 Å². The lowest BCUT2D eigenvalue weighted by Crippen LogP contribution is -1.97. The van der Waals surface area contributed by atoms with Crippen molar-refractivity contribution in [2.45, 2.75) is 0 Å². The first-order valence-corrected chi connectivity index (χ1v) is 6.70. The van der Waals surface area contributed by atoms with Crippen molar-refractivity contribution in [2.75, 3.05) is 5.32 Å². The zero-order valence-electron chi connectivity index (χ0n) is 11.6. The smallest absolute Gasteiger partial charge is 0.335 e. The molecule has 0 radical (unpaired) electrons. The van der Waals surface area contributed by atoms with Gasteiger partial charge in [0.05, 0.1) is 5.56 Å². The molecule has 0 saturated carbocycles. The average molecular weight is 291 g/mol. The van der Waals surface area contributed by atoms with E-state index in [9.17, 15) is 4.79 Å². The first-order valence-electron chi connectivity index (χ1n) is 6.70. The number of rotatable bonds is 4. The van der Waals surface area contributed by atoms with Gasteiger partial charge < -0.3 is 10.4 Å². The largest absolute Gasteiger partial charge is 0.478 e. The SMILES string of the molecule is O=C(O)c1cccc(Nc2ccc(-c3ncccn3)cc2)c1. The monoisotopic (exact) mass is 291 g/mol. The van der Waals surface area contributed by atoms with Crippen molar-refractivity contribution in [3.63, 3.8) is 0 Å². The third-order valence-electron chi connectivity index (χ3n) is 3.11. The Kier molecular flexibility index (Phi) is 3.78. The van der Waals surface area contributed by atoms with Gasteiger partial charge in [-0.1, -0.05) is 6.07 Å². The van der Waals surface area contributed by atoms with Crippen LogP contribution in [0.2, 0.25) is 0 Å². The summed E-state index contributed by atoms with van der Waals surface area (Å²) in [7, 11) is 0. The molecule has 2 aromatic carbocycles. The van der Waals surface area contributed by atoms with Crippen LogP contribution in [0.3, 0.4) is 0 Å². The van der Waals surface area contributed by atoms with Gasteiger partial charge in [0.2, 0.25) is 0 Å². The highest BCUT2D eigenvalue weighted by atomic mass is 16.4. The zero-order valence-corrected chi connectivity index (χ0v) is 11.6. The van der Waals surface area contributed by atoms with E-state index in [1.54, 1.807) is 36.7 Å². The van der Waals surface area contributed by atoms with Crippen LogP contribution in [0.5, 0.6) is 0 Å². The predicted octanol–water partition coefficient (Wildman–Crippen LogP) is 3.59. The highest BCUT2D eigenvalue weighted by Crippen LogP contribution is 2.21. The number of carboxylic acids is 1. The minimum Gasteiger partial charge on any atom is -0.478 e. The molecule has 2 N–H and O–H groups in total. The Morgan fingerprint density at radius 3 is 2.32 bits per heavy atom.